The van der Waals surface area contributed by atoms with E-state index in [-0.39, 0.29) is 17.6 Å². The van der Waals surface area contributed by atoms with Gasteiger partial charge in [-0.25, -0.2) is 0 Å². The van der Waals surface area contributed by atoms with E-state index in [0.29, 0.717) is 11.7 Å². The lowest BCUT2D eigenvalue weighted by Gasteiger charge is -2.12. The van der Waals surface area contributed by atoms with Gasteiger partial charge in [0.25, 0.3) is 0 Å². The summed E-state index contributed by atoms with van der Waals surface area (Å²) in [5, 5.41) is 3.93. The molecule has 0 aliphatic heterocycles. The Morgan fingerprint density at radius 1 is 1.22 bits per heavy atom. The smallest absolute Gasteiger partial charge is 0.237 e. The second kappa shape index (κ2) is 5.12. The summed E-state index contributed by atoms with van der Waals surface area (Å²) in [5.74, 6) is 0.795. The van der Waals surface area contributed by atoms with E-state index in [0.717, 1.165) is 5.56 Å². The number of carbonyl (C=O) groups is 1. The minimum absolute atomic E-state index is 0.0493. The lowest BCUT2D eigenvalue weighted by molar-refractivity contribution is -0.119. The summed E-state index contributed by atoms with van der Waals surface area (Å²) in [6.07, 6.45) is 0. The number of nitrogens with zero attached hydrogens (tertiary/aromatic N) is 2. The maximum absolute atomic E-state index is 11.6. The summed E-state index contributed by atoms with van der Waals surface area (Å²) in [4.78, 5) is 15.9. The largest absolute Gasteiger partial charge is 0.338 e. The van der Waals surface area contributed by atoms with E-state index in [1.54, 1.807) is 6.92 Å². The van der Waals surface area contributed by atoms with Gasteiger partial charge in [0.05, 0.1) is 5.92 Å². The SMILES string of the molecule is CC(=O)C(c1nc(-c2ccccc2)no1)C(C)C. The van der Waals surface area contributed by atoms with Crippen molar-refractivity contribution >= 4 is 5.78 Å². The van der Waals surface area contributed by atoms with Gasteiger partial charge in [-0.15, -0.1) is 0 Å². The Balaban J connectivity index is 2.33. The second-order valence-electron chi connectivity index (χ2n) is 4.65. The zero-order chi connectivity index (χ0) is 13.1. The lowest BCUT2D eigenvalue weighted by Crippen LogP contribution is -2.15. The molecule has 0 saturated heterocycles. The van der Waals surface area contributed by atoms with Crippen molar-refractivity contribution in [2.75, 3.05) is 0 Å². The first-order valence-corrected chi connectivity index (χ1v) is 5.99. The van der Waals surface area contributed by atoms with E-state index in [4.69, 9.17) is 4.52 Å². The van der Waals surface area contributed by atoms with Crippen LogP contribution in [0.4, 0.5) is 0 Å². The summed E-state index contributed by atoms with van der Waals surface area (Å²) in [6.45, 7) is 5.49. The fraction of sp³-hybridized carbons (Fsp3) is 0.357. The zero-order valence-corrected chi connectivity index (χ0v) is 10.8. The molecule has 0 aliphatic carbocycles. The molecule has 0 N–H and O–H groups in total. The molecule has 0 fully saturated rings. The lowest BCUT2D eigenvalue weighted by atomic mass is 9.92. The Bertz CT molecular complexity index is 532. The van der Waals surface area contributed by atoms with Crippen LogP contribution in [0.3, 0.4) is 0 Å². The fourth-order valence-corrected chi connectivity index (χ4v) is 1.99. The summed E-state index contributed by atoms with van der Waals surface area (Å²) >= 11 is 0. The van der Waals surface area contributed by atoms with Crippen molar-refractivity contribution in [2.24, 2.45) is 5.92 Å². The van der Waals surface area contributed by atoms with Crippen molar-refractivity contribution in [3.8, 4) is 11.4 Å². The van der Waals surface area contributed by atoms with Gasteiger partial charge in [-0.3, -0.25) is 4.79 Å². The first-order chi connectivity index (χ1) is 8.59. The summed E-state index contributed by atoms with van der Waals surface area (Å²) in [7, 11) is 0. The molecule has 2 rings (SSSR count). The van der Waals surface area contributed by atoms with E-state index >= 15 is 0 Å². The Hall–Kier alpha value is -1.97. The highest BCUT2D eigenvalue weighted by Crippen LogP contribution is 2.26. The van der Waals surface area contributed by atoms with Crippen LogP contribution in [0.1, 0.15) is 32.6 Å². The van der Waals surface area contributed by atoms with Crippen LogP contribution in [0, 0.1) is 5.92 Å². The Morgan fingerprint density at radius 3 is 2.44 bits per heavy atom. The number of hydrogen-bond donors (Lipinski definition) is 0. The molecule has 0 amide bonds. The molecule has 0 bridgehead atoms. The van der Waals surface area contributed by atoms with Crippen molar-refractivity contribution in [3.05, 3.63) is 36.2 Å². The number of ketones is 1. The van der Waals surface area contributed by atoms with E-state index in [9.17, 15) is 4.79 Å². The Labute approximate surface area is 106 Å². The number of benzene rings is 1. The molecule has 1 aromatic carbocycles. The molecule has 1 heterocycles. The van der Waals surface area contributed by atoms with Crippen LogP contribution in [-0.2, 0) is 4.79 Å². The second-order valence-corrected chi connectivity index (χ2v) is 4.65. The third-order valence-corrected chi connectivity index (χ3v) is 2.84. The predicted molar refractivity (Wildman–Crippen MR) is 68.0 cm³/mol. The quantitative estimate of drug-likeness (QED) is 0.829. The van der Waals surface area contributed by atoms with Crippen LogP contribution in [-0.4, -0.2) is 15.9 Å². The summed E-state index contributed by atoms with van der Waals surface area (Å²) in [6, 6.07) is 9.57. The minimum Gasteiger partial charge on any atom is -0.338 e. The van der Waals surface area contributed by atoms with E-state index in [1.807, 2.05) is 44.2 Å². The molecule has 0 radical (unpaired) electrons. The number of aromatic nitrogens is 2. The fourth-order valence-electron chi connectivity index (χ4n) is 1.99. The summed E-state index contributed by atoms with van der Waals surface area (Å²) in [5.41, 5.74) is 0.888. The third-order valence-electron chi connectivity index (χ3n) is 2.84. The van der Waals surface area contributed by atoms with Gasteiger partial charge < -0.3 is 4.52 Å². The number of rotatable bonds is 4. The topological polar surface area (TPSA) is 56.0 Å². The molecular weight excluding hydrogens is 228 g/mol. The van der Waals surface area contributed by atoms with Crippen LogP contribution in [0.5, 0.6) is 0 Å². The zero-order valence-electron chi connectivity index (χ0n) is 10.8. The number of hydrogen-bond acceptors (Lipinski definition) is 4. The van der Waals surface area contributed by atoms with Crippen molar-refractivity contribution < 1.29 is 9.32 Å². The highest BCUT2D eigenvalue weighted by Gasteiger charge is 2.26. The first kappa shape index (κ1) is 12.5. The molecule has 0 spiro atoms. The molecule has 4 nitrogen and oxygen atoms in total. The van der Waals surface area contributed by atoms with Gasteiger partial charge in [-0.1, -0.05) is 49.3 Å². The van der Waals surface area contributed by atoms with Gasteiger partial charge in [0.2, 0.25) is 11.7 Å². The molecular formula is C14H16N2O2. The van der Waals surface area contributed by atoms with Gasteiger partial charge in [0, 0.05) is 5.56 Å². The van der Waals surface area contributed by atoms with Crippen molar-refractivity contribution in [1.29, 1.82) is 0 Å². The molecule has 1 atom stereocenters. The normalized spacial score (nSPS) is 12.7. The molecule has 2 aromatic rings. The van der Waals surface area contributed by atoms with Crippen LogP contribution < -0.4 is 0 Å². The predicted octanol–water partition coefficient (Wildman–Crippen LogP) is 3.07. The molecule has 1 unspecified atom stereocenters. The van der Waals surface area contributed by atoms with Crippen LogP contribution in [0.2, 0.25) is 0 Å². The van der Waals surface area contributed by atoms with Crippen molar-refractivity contribution in [1.82, 2.24) is 10.1 Å². The van der Waals surface area contributed by atoms with Gasteiger partial charge in [0.1, 0.15) is 5.78 Å². The average Bonchev–Trinajstić information content (AvgIpc) is 2.78. The average molecular weight is 244 g/mol. The maximum Gasteiger partial charge on any atom is 0.237 e. The first-order valence-electron chi connectivity index (χ1n) is 5.99. The van der Waals surface area contributed by atoms with E-state index in [2.05, 4.69) is 10.1 Å². The third kappa shape index (κ3) is 2.47. The molecule has 4 heteroatoms. The van der Waals surface area contributed by atoms with E-state index < -0.39 is 0 Å². The number of Topliss-reactive ketones (excluding diaryl/α,β-unsaturated/α-hetero) is 1. The van der Waals surface area contributed by atoms with Crippen molar-refractivity contribution in [3.63, 3.8) is 0 Å². The highest BCUT2D eigenvalue weighted by molar-refractivity contribution is 5.82. The Kier molecular flexibility index (Phi) is 3.55. The van der Waals surface area contributed by atoms with Crippen LogP contribution in [0.25, 0.3) is 11.4 Å². The van der Waals surface area contributed by atoms with E-state index in [1.165, 1.54) is 0 Å². The molecule has 0 saturated carbocycles. The minimum atomic E-state index is -0.324. The summed E-state index contributed by atoms with van der Waals surface area (Å²) < 4.78 is 5.22. The molecule has 18 heavy (non-hydrogen) atoms. The molecule has 94 valence electrons. The number of carbonyl (C=O) groups excluding carboxylic acids is 1. The Morgan fingerprint density at radius 2 is 1.89 bits per heavy atom. The standard InChI is InChI=1S/C14H16N2O2/c1-9(2)12(10(3)17)14-15-13(16-18-14)11-7-5-4-6-8-11/h4-9,12H,1-3H3. The van der Waals surface area contributed by atoms with Crippen LogP contribution in [0.15, 0.2) is 34.9 Å². The van der Waals surface area contributed by atoms with Gasteiger partial charge in [-0.05, 0) is 12.8 Å². The van der Waals surface area contributed by atoms with Gasteiger partial charge in [0.15, 0.2) is 0 Å². The van der Waals surface area contributed by atoms with Crippen molar-refractivity contribution in [2.45, 2.75) is 26.7 Å². The molecule has 0 aliphatic rings. The van der Waals surface area contributed by atoms with Gasteiger partial charge in [-0.2, -0.15) is 4.98 Å². The monoisotopic (exact) mass is 244 g/mol. The molecule has 1 aromatic heterocycles. The highest BCUT2D eigenvalue weighted by atomic mass is 16.5. The maximum atomic E-state index is 11.6. The van der Waals surface area contributed by atoms with Gasteiger partial charge >= 0.3 is 0 Å². The van der Waals surface area contributed by atoms with Crippen LogP contribution >= 0.6 is 0 Å².